The summed E-state index contributed by atoms with van der Waals surface area (Å²) in [6, 6.07) is 0. The van der Waals surface area contributed by atoms with Crippen LogP contribution < -0.4 is 0 Å². The molecule has 10 heavy (non-hydrogen) atoms. The van der Waals surface area contributed by atoms with Crippen molar-refractivity contribution in [2.24, 2.45) is 11.8 Å². The lowest BCUT2D eigenvalue weighted by Gasteiger charge is -2.14. The molecule has 0 saturated heterocycles. The molecule has 1 rings (SSSR count). The summed E-state index contributed by atoms with van der Waals surface area (Å²) in [5.74, 6) is 1.48. The van der Waals surface area contributed by atoms with Crippen molar-refractivity contribution in [1.82, 2.24) is 0 Å². The monoisotopic (exact) mass is 137 g/mol. The van der Waals surface area contributed by atoms with E-state index in [1.54, 1.807) is 0 Å². The van der Waals surface area contributed by atoms with Gasteiger partial charge >= 0.3 is 0 Å². The first-order valence-electron chi connectivity index (χ1n) is 4.29. The Bertz CT molecular complexity index is 113. The number of hydrogen-bond acceptors (Lipinski definition) is 0. The fourth-order valence-electron chi connectivity index (χ4n) is 1.41. The maximum absolute atomic E-state index is 4.05. The van der Waals surface area contributed by atoms with Crippen LogP contribution in [-0.2, 0) is 0 Å². The third kappa shape index (κ3) is 2.55. The highest BCUT2D eigenvalue weighted by molar-refractivity contribution is 4.91. The second kappa shape index (κ2) is 3.80. The Morgan fingerprint density at radius 1 is 1.30 bits per heavy atom. The Hall–Kier alpha value is -0.260. The van der Waals surface area contributed by atoms with Crippen molar-refractivity contribution in [2.45, 2.75) is 32.6 Å². The summed E-state index contributed by atoms with van der Waals surface area (Å²) in [5.41, 5.74) is 0. The molecule has 0 spiro atoms. The van der Waals surface area contributed by atoms with Gasteiger partial charge in [-0.05, 0) is 38.0 Å². The van der Waals surface area contributed by atoms with Crippen molar-refractivity contribution in [3.8, 4) is 0 Å². The largest absolute Gasteiger partial charge is 0.0882 e. The molecule has 2 unspecified atom stereocenters. The molecule has 1 aliphatic rings. The van der Waals surface area contributed by atoms with Crippen LogP contribution in [0.5, 0.6) is 0 Å². The molecule has 57 valence electrons. The normalized spacial score (nSPS) is 35.0. The summed E-state index contributed by atoms with van der Waals surface area (Å²) >= 11 is 0. The Labute approximate surface area is 64.3 Å². The quantitative estimate of drug-likeness (QED) is 0.450. The SMILES string of the molecule is [CH2]C1C=CCCC(C)CC1. The first-order valence-corrected chi connectivity index (χ1v) is 4.29. The van der Waals surface area contributed by atoms with Gasteiger partial charge in [0.05, 0.1) is 0 Å². The van der Waals surface area contributed by atoms with Gasteiger partial charge < -0.3 is 0 Å². The molecule has 0 aromatic rings. The molecular weight excluding hydrogens is 120 g/mol. The van der Waals surface area contributed by atoms with E-state index in [0.29, 0.717) is 5.92 Å². The van der Waals surface area contributed by atoms with Crippen LogP contribution in [0.2, 0.25) is 0 Å². The molecule has 2 atom stereocenters. The Morgan fingerprint density at radius 2 is 2.10 bits per heavy atom. The lowest BCUT2D eigenvalue weighted by molar-refractivity contribution is 0.448. The first kappa shape index (κ1) is 7.84. The van der Waals surface area contributed by atoms with Gasteiger partial charge in [-0.3, -0.25) is 0 Å². The standard InChI is InChI=1S/C10H17/c1-9-5-3-4-6-10(2)8-7-9/h3,5,9-10H,1,4,6-8H2,2H3. The third-order valence-corrected chi connectivity index (χ3v) is 2.26. The van der Waals surface area contributed by atoms with Crippen LogP contribution in [0.1, 0.15) is 32.6 Å². The van der Waals surface area contributed by atoms with Crippen LogP contribution in [-0.4, -0.2) is 0 Å². The minimum atomic E-state index is 0.572. The molecule has 0 amide bonds. The van der Waals surface area contributed by atoms with Gasteiger partial charge in [0.25, 0.3) is 0 Å². The van der Waals surface area contributed by atoms with Crippen LogP contribution in [0.4, 0.5) is 0 Å². The Morgan fingerprint density at radius 3 is 2.90 bits per heavy atom. The predicted octanol–water partition coefficient (Wildman–Crippen LogP) is 3.20. The molecule has 1 aliphatic carbocycles. The van der Waals surface area contributed by atoms with Gasteiger partial charge in [-0.1, -0.05) is 25.5 Å². The second-order valence-corrected chi connectivity index (χ2v) is 3.45. The van der Waals surface area contributed by atoms with Crippen molar-refractivity contribution in [3.05, 3.63) is 19.1 Å². The van der Waals surface area contributed by atoms with E-state index in [-0.39, 0.29) is 0 Å². The zero-order chi connectivity index (χ0) is 7.40. The number of allylic oxidation sites excluding steroid dienone is 2. The summed E-state index contributed by atoms with van der Waals surface area (Å²) in [5, 5.41) is 0. The van der Waals surface area contributed by atoms with Crippen LogP contribution >= 0.6 is 0 Å². The smallest absolute Gasteiger partial charge is 0.0233 e. The molecule has 1 radical (unpaired) electrons. The van der Waals surface area contributed by atoms with Gasteiger partial charge in [0.15, 0.2) is 0 Å². The van der Waals surface area contributed by atoms with Crippen molar-refractivity contribution in [2.75, 3.05) is 0 Å². The molecule has 0 N–H and O–H groups in total. The van der Waals surface area contributed by atoms with E-state index in [1.165, 1.54) is 25.7 Å². The molecule has 0 bridgehead atoms. The van der Waals surface area contributed by atoms with E-state index < -0.39 is 0 Å². The minimum absolute atomic E-state index is 0.572. The molecule has 0 heteroatoms. The van der Waals surface area contributed by atoms with Crippen molar-refractivity contribution in [1.29, 1.82) is 0 Å². The molecule has 0 aromatic heterocycles. The molecule has 0 nitrogen and oxygen atoms in total. The first-order chi connectivity index (χ1) is 4.79. The summed E-state index contributed by atoms with van der Waals surface area (Å²) in [6.07, 6.45) is 9.80. The van der Waals surface area contributed by atoms with Gasteiger partial charge in [0.2, 0.25) is 0 Å². The molecule has 0 heterocycles. The van der Waals surface area contributed by atoms with E-state index in [1.807, 2.05) is 0 Å². The Kier molecular flexibility index (Phi) is 2.98. The van der Waals surface area contributed by atoms with Crippen LogP contribution in [0, 0.1) is 18.8 Å². The van der Waals surface area contributed by atoms with E-state index in [0.717, 1.165) is 5.92 Å². The van der Waals surface area contributed by atoms with Crippen LogP contribution in [0.25, 0.3) is 0 Å². The fourth-order valence-corrected chi connectivity index (χ4v) is 1.41. The molecule has 0 aliphatic heterocycles. The van der Waals surface area contributed by atoms with Gasteiger partial charge in [0.1, 0.15) is 0 Å². The zero-order valence-corrected chi connectivity index (χ0v) is 6.84. The predicted molar refractivity (Wildman–Crippen MR) is 45.6 cm³/mol. The third-order valence-electron chi connectivity index (χ3n) is 2.26. The van der Waals surface area contributed by atoms with Crippen molar-refractivity contribution >= 4 is 0 Å². The van der Waals surface area contributed by atoms with Crippen LogP contribution in [0.15, 0.2) is 12.2 Å². The minimum Gasteiger partial charge on any atom is -0.0882 e. The summed E-state index contributed by atoms with van der Waals surface area (Å²) in [7, 11) is 0. The van der Waals surface area contributed by atoms with E-state index in [9.17, 15) is 0 Å². The second-order valence-electron chi connectivity index (χ2n) is 3.45. The zero-order valence-electron chi connectivity index (χ0n) is 6.84. The number of rotatable bonds is 0. The lowest BCUT2D eigenvalue weighted by Crippen LogP contribution is -2.01. The van der Waals surface area contributed by atoms with E-state index >= 15 is 0 Å². The highest BCUT2D eigenvalue weighted by Crippen LogP contribution is 2.20. The molecule has 0 saturated carbocycles. The summed E-state index contributed by atoms with van der Waals surface area (Å²) in [6.45, 7) is 6.39. The van der Waals surface area contributed by atoms with E-state index in [4.69, 9.17) is 0 Å². The molecular formula is C10H17. The summed E-state index contributed by atoms with van der Waals surface area (Å²) < 4.78 is 0. The van der Waals surface area contributed by atoms with Crippen molar-refractivity contribution in [3.63, 3.8) is 0 Å². The van der Waals surface area contributed by atoms with Gasteiger partial charge in [0, 0.05) is 0 Å². The van der Waals surface area contributed by atoms with E-state index in [2.05, 4.69) is 26.0 Å². The Balaban J connectivity index is 2.38. The van der Waals surface area contributed by atoms with Crippen molar-refractivity contribution < 1.29 is 0 Å². The average Bonchev–Trinajstić information content (AvgIpc) is 1.90. The maximum atomic E-state index is 4.05. The average molecular weight is 137 g/mol. The highest BCUT2D eigenvalue weighted by atomic mass is 14.1. The van der Waals surface area contributed by atoms with Crippen LogP contribution in [0.3, 0.4) is 0 Å². The van der Waals surface area contributed by atoms with Gasteiger partial charge in [-0.25, -0.2) is 0 Å². The van der Waals surface area contributed by atoms with Gasteiger partial charge in [-0.15, -0.1) is 0 Å². The topological polar surface area (TPSA) is 0 Å². The number of hydrogen-bond donors (Lipinski definition) is 0. The molecule has 0 fully saturated rings. The maximum Gasteiger partial charge on any atom is -0.0233 e. The van der Waals surface area contributed by atoms with Gasteiger partial charge in [-0.2, -0.15) is 0 Å². The highest BCUT2D eigenvalue weighted by Gasteiger charge is 2.06. The fraction of sp³-hybridized carbons (Fsp3) is 0.700. The molecule has 0 aromatic carbocycles. The summed E-state index contributed by atoms with van der Waals surface area (Å²) in [4.78, 5) is 0. The lowest BCUT2D eigenvalue weighted by atomic mass is 9.91.